The van der Waals surface area contributed by atoms with Gasteiger partial charge in [0.15, 0.2) is 0 Å². The highest BCUT2D eigenvalue weighted by atomic mass is 79.9. The first kappa shape index (κ1) is 24.7. The van der Waals surface area contributed by atoms with Gasteiger partial charge in [-0.25, -0.2) is 0 Å². The molecule has 0 aliphatic carbocycles. The summed E-state index contributed by atoms with van der Waals surface area (Å²) >= 11 is 0. The number of hydrogen-bond donors (Lipinski definition) is 0. The van der Waals surface area contributed by atoms with E-state index in [1.165, 1.54) is 82.0 Å². The smallest absolute Gasteiger partial charge is 0.0786 e. The second kappa shape index (κ2) is 16.8. The molecule has 3 heteroatoms. The highest BCUT2D eigenvalue weighted by molar-refractivity contribution is 5.85. The van der Waals surface area contributed by atoms with Crippen LogP contribution < -0.4 is 17.0 Å². The zero-order valence-electron chi connectivity index (χ0n) is 13.7. The van der Waals surface area contributed by atoms with Crippen molar-refractivity contribution in [3.8, 4) is 0 Å². The second-order valence-electron chi connectivity index (χ2n) is 5.65. The van der Waals surface area contributed by atoms with E-state index in [2.05, 4.69) is 27.7 Å². The zero-order valence-corrected chi connectivity index (χ0v) is 16.1. The first-order chi connectivity index (χ1) is 8.24. The summed E-state index contributed by atoms with van der Waals surface area (Å²) in [7, 11) is 0. The molecule has 0 aliphatic rings. The second-order valence-corrected chi connectivity index (χ2v) is 5.65. The Bertz CT molecular complexity index is 127. The van der Waals surface area contributed by atoms with Gasteiger partial charge in [0.25, 0.3) is 0 Å². The van der Waals surface area contributed by atoms with Gasteiger partial charge in [-0.15, -0.1) is 12.4 Å². The van der Waals surface area contributed by atoms with Crippen LogP contribution in [0.4, 0.5) is 0 Å². The lowest BCUT2D eigenvalue weighted by Gasteiger charge is -2.39. The molecule has 0 aromatic carbocycles. The van der Waals surface area contributed by atoms with Crippen molar-refractivity contribution >= 4 is 12.4 Å². The number of unbranched alkanes of at least 4 members (excludes halogenated alkanes) is 4. The summed E-state index contributed by atoms with van der Waals surface area (Å²) in [5, 5.41) is 0. The minimum atomic E-state index is 0. The Hall–Kier alpha value is 0.730. The summed E-state index contributed by atoms with van der Waals surface area (Å²) in [4.78, 5) is 0. The zero-order chi connectivity index (χ0) is 13.0. The highest BCUT2D eigenvalue weighted by Gasteiger charge is 2.24. The van der Waals surface area contributed by atoms with E-state index < -0.39 is 0 Å². The Morgan fingerprint density at radius 3 is 0.895 bits per heavy atom. The Morgan fingerprint density at radius 1 is 0.526 bits per heavy atom. The predicted molar refractivity (Wildman–Crippen MR) is 86.6 cm³/mol. The van der Waals surface area contributed by atoms with Crippen LogP contribution in [0.1, 0.15) is 79.1 Å². The first-order valence-corrected chi connectivity index (χ1v) is 8.09. The summed E-state index contributed by atoms with van der Waals surface area (Å²) in [5.41, 5.74) is 0. The molecule has 0 saturated heterocycles. The van der Waals surface area contributed by atoms with Crippen molar-refractivity contribution in [2.45, 2.75) is 79.1 Å². The first-order valence-electron chi connectivity index (χ1n) is 8.09. The van der Waals surface area contributed by atoms with E-state index in [-0.39, 0.29) is 29.4 Å². The van der Waals surface area contributed by atoms with Crippen molar-refractivity contribution < 1.29 is 21.5 Å². The lowest BCUT2D eigenvalue weighted by Crippen LogP contribution is -3.00. The maximum Gasteiger partial charge on any atom is 0.0786 e. The van der Waals surface area contributed by atoms with Gasteiger partial charge in [-0.2, -0.15) is 0 Å². The molecule has 0 N–H and O–H groups in total. The quantitative estimate of drug-likeness (QED) is 0.470. The third-order valence-electron chi connectivity index (χ3n) is 3.94. The van der Waals surface area contributed by atoms with Crippen molar-refractivity contribution in [1.82, 2.24) is 0 Å². The molecule has 0 amide bonds. The third kappa shape index (κ3) is 12.2. The maximum atomic E-state index is 2.33. The average molecular weight is 359 g/mol. The molecule has 0 heterocycles. The van der Waals surface area contributed by atoms with Crippen LogP contribution in [0.2, 0.25) is 0 Å². The van der Waals surface area contributed by atoms with E-state index in [1.807, 2.05) is 0 Å². The molecule has 1 nitrogen and oxygen atoms in total. The molecule has 0 aromatic heterocycles. The molecular weight excluding hydrogens is 322 g/mol. The predicted octanol–water partition coefficient (Wildman–Crippen LogP) is 2.43. The lowest BCUT2D eigenvalue weighted by molar-refractivity contribution is -0.929. The summed E-state index contributed by atoms with van der Waals surface area (Å²) in [6.45, 7) is 15.0. The lowest BCUT2D eigenvalue weighted by atomic mass is 10.1. The largest absolute Gasteiger partial charge is 1.00 e. The number of rotatable bonds is 12. The number of halogens is 2. The summed E-state index contributed by atoms with van der Waals surface area (Å²) < 4.78 is 1.42. The van der Waals surface area contributed by atoms with Gasteiger partial charge in [-0.05, 0) is 25.7 Å². The van der Waals surface area contributed by atoms with Crippen LogP contribution in [-0.2, 0) is 0 Å². The van der Waals surface area contributed by atoms with Crippen molar-refractivity contribution in [3.05, 3.63) is 0 Å². The van der Waals surface area contributed by atoms with Gasteiger partial charge in [-0.3, -0.25) is 0 Å². The Labute approximate surface area is 139 Å². The van der Waals surface area contributed by atoms with Crippen LogP contribution in [0.3, 0.4) is 0 Å². The minimum Gasteiger partial charge on any atom is -1.00 e. The van der Waals surface area contributed by atoms with Crippen molar-refractivity contribution in [1.29, 1.82) is 0 Å². The highest BCUT2D eigenvalue weighted by Crippen LogP contribution is 2.16. The Morgan fingerprint density at radius 2 is 0.737 bits per heavy atom. The number of quaternary nitrogens is 1. The maximum absolute atomic E-state index is 2.33. The molecule has 0 unspecified atom stereocenters. The van der Waals surface area contributed by atoms with Gasteiger partial charge in [-0.1, -0.05) is 53.4 Å². The minimum absolute atomic E-state index is 0. The monoisotopic (exact) mass is 357 g/mol. The van der Waals surface area contributed by atoms with E-state index in [0.717, 1.165) is 0 Å². The van der Waals surface area contributed by atoms with E-state index in [4.69, 9.17) is 0 Å². The van der Waals surface area contributed by atoms with Gasteiger partial charge in [0.2, 0.25) is 0 Å². The molecule has 0 fully saturated rings. The van der Waals surface area contributed by atoms with Crippen LogP contribution in [0.5, 0.6) is 0 Å². The van der Waals surface area contributed by atoms with Gasteiger partial charge < -0.3 is 21.5 Å². The molecular formula is C16H37BrClN. The van der Waals surface area contributed by atoms with Gasteiger partial charge >= 0.3 is 0 Å². The van der Waals surface area contributed by atoms with E-state index in [9.17, 15) is 0 Å². The molecule has 0 bridgehead atoms. The molecule has 0 aromatic rings. The normalized spacial score (nSPS) is 10.7. The number of nitrogens with zero attached hydrogens (tertiary/aromatic N) is 1. The fraction of sp³-hybridized carbons (Fsp3) is 1.00. The van der Waals surface area contributed by atoms with E-state index >= 15 is 0 Å². The van der Waals surface area contributed by atoms with Gasteiger partial charge in [0.05, 0.1) is 26.2 Å². The van der Waals surface area contributed by atoms with E-state index in [1.54, 1.807) is 0 Å². The van der Waals surface area contributed by atoms with Crippen LogP contribution in [-0.4, -0.2) is 30.7 Å². The van der Waals surface area contributed by atoms with Crippen molar-refractivity contribution in [2.75, 3.05) is 26.2 Å². The number of hydrogen-bond acceptors (Lipinski definition) is 0. The fourth-order valence-corrected chi connectivity index (χ4v) is 2.64. The summed E-state index contributed by atoms with van der Waals surface area (Å²) in [5.74, 6) is 0. The standard InChI is InChI=1S/C16H36N.BrH.ClH/c1-5-9-13-17(14-10-6-2,15-11-7-3)16-12-8-4;;/h5-16H2,1-4H3;2*1H/q+1;;/p-1. The SMILES string of the molecule is CCCC[N+](CCCC)(CCCC)CCCC.Cl.[Br-]. The molecule has 0 saturated carbocycles. The molecule has 0 aliphatic heterocycles. The molecule has 0 atom stereocenters. The summed E-state index contributed by atoms with van der Waals surface area (Å²) in [6, 6.07) is 0. The van der Waals surface area contributed by atoms with Crippen molar-refractivity contribution in [3.63, 3.8) is 0 Å². The topological polar surface area (TPSA) is 0 Å². The van der Waals surface area contributed by atoms with Gasteiger partial charge in [0.1, 0.15) is 0 Å². The molecule has 0 radical (unpaired) electrons. The van der Waals surface area contributed by atoms with Crippen LogP contribution >= 0.6 is 12.4 Å². The molecule has 0 spiro atoms. The fourth-order valence-electron chi connectivity index (χ4n) is 2.64. The van der Waals surface area contributed by atoms with Gasteiger partial charge in [0, 0.05) is 0 Å². The molecule has 19 heavy (non-hydrogen) atoms. The van der Waals surface area contributed by atoms with Crippen LogP contribution in [0.15, 0.2) is 0 Å². The third-order valence-corrected chi connectivity index (χ3v) is 3.94. The summed E-state index contributed by atoms with van der Waals surface area (Å²) in [6.07, 6.45) is 11.1. The Kier molecular flexibility index (Phi) is 21.8. The Balaban J connectivity index is -0.00000128. The van der Waals surface area contributed by atoms with E-state index in [0.29, 0.717) is 0 Å². The average Bonchev–Trinajstić information content (AvgIpc) is 2.37. The van der Waals surface area contributed by atoms with Crippen LogP contribution in [0.25, 0.3) is 0 Å². The van der Waals surface area contributed by atoms with Crippen molar-refractivity contribution in [2.24, 2.45) is 0 Å². The molecule has 120 valence electrons. The molecule has 0 rings (SSSR count). The van der Waals surface area contributed by atoms with Crippen LogP contribution in [0, 0.1) is 0 Å².